The van der Waals surface area contributed by atoms with E-state index in [1.54, 1.807) is 11.3 Å². The van der Waals surface area contributed by atoms with E-state index in [0.717, 1.165) is 33.0 Å². The maximum Gasteiger partial charge on any atom is 0.175 e. The summed E-state index contributed by atoms with van der Waals surface area (Å²) in [6, 6.07) is 24.0. The predicted octanol–water partition coefficient (Wildman–Crippen LogP) is 5.93. The van der Waals surface area contributed by atoms with Crippen LogP contribution in [0.4, 0.5) is 5.69 Å². The number of Topliss-reactive ketones (excluding diaryl/α,β-unsaturated/α-hetero) is 1. The summed E-state index contributed by atoms with van der Waals surface area (Å²) in [5, 5.41) is 2.02. The number of carbonyl (C=O) groups is 1. The van der Waals surface area contributed by atoms with Crippen LogP contribution in [0.25, 0.3) is 5.57 Å². The fraction of sp³-hybridized carbons (Fsp3) is 0.130. The first-order valence-electron chi connectivity index (χ1n) is 8.62. The van der Waals surface area contributed by atoms with E-state index in [0.29, 0.717) is 0 Å². The molecule has 0 fully saturated rings. The average molecular weight is 357 g/mol. The molecular weight excluding hydrogens is 338 g/mol. The Morgan fingerprint density at radius 2 is 1.54 bits per heavy atom. The third kappa shape index (κ3) is 2.74. The SMILES string of the molecule is CC1(C)C(=O)C(C(=Nc2ccccc2)c2cccs2)=C1c1ccccc1. The third-order valence-corrected chi connectivity index (χ3v) is 5.60. The first kappa shape index (κ1) is 16.7. The number of hydrogen-bond acceptors (Lipinski definition) is 3. The van der Waals surface area contributed by atoms with Crippen LogP contribution in [0.5, 0.6) is 0 Å². The summed E-state index contributed by atoms with van der Waals surface area (Å²) in [5.41, 5.74) is 4.04. The van der Waals surface area contributed by atoms with Crippen LogP contribution in [-0.4, -0.2) is 11.5 Å². The summed E-state index contributed by atoms with van der Waals surface area (Å²) in [4.78, 5) is 18.9. The molecule has 0 radical (unpaired) electrons. The Labute approximate surface area is 157 Å². The lowest BCUT2D eigenvalue weighted by atomic mass is 9.61. The van der Waals surface area contributed by atoms with Crippen LogP contribution >= 0.6 is 11.3 Å². The summed E-state index contributed by atoms with van der Waals surface area (Å²) >= 11 is 1.61. The van der Waals surface area contributed by atoms with Crippen molar-refractivity contribution in [2.75, 3.05) is 0 Å². The highest BCUT2D eigenvalue weighted by molar-refractivity contribution is 7.12. The molecule has 26 heavy (non-hydrogen) atoms. The van der Waals surface area contributed by atoms with Gasteiger partial charge in [-0.3, -0.25) is 4.79 Å². The van der Waals surface area contributed by atoms with Crippen molar-refractivity contribution in [3.8, 4) is 0 Å². The van der Waals surface area contributed by atoms with E-state index in [-0.39, 0.29) is 5.78 Å². The van der Waals surface area contributed by atoms with E-state index in [1.807, 2.05) is 79.9 Å². The van der Waals surface area contributed by atoms with Crippen molar-refractivity contribution in [2.24, 2.45) is 10.4 Å². The highest BCUT2D eigenvalue weighted by Crippen LogP contribution is 2.50. The second kappa shape index (κ2) is 6.50. The van der Waals surface area contributed by atoms with Crippen LogP contribution in [0.2, 0.25) is 0 Å². The molecule has 128 valence electrons. The van der Waals surface area contributed by atoms with Gasteiger partial charge in [0.1, 0.15) is 0 Å². The molecule has 0 atom stereocenters. The fourth-order valence-corrected chi connectivity index (χ4v) is 4.12. The van der Waals surface area contributed by atoms with Gasteiger partial charge in [0.2, 0.25) is 0 Å². The minimum atomic E-state index is -0.495. The Morgan fingerprint density at radius 1 is 0.885 bits per heavy atom. The maximum absolute atomic E-state index is 13.1. The molecule has 2 nitrogen and oxygen atoms in total. The number of carbonyl (C=O) groups excluding carboxylic acids is 1. The molecule has 1 aliphatic carbocycles. The first-order valence-corrected chi connectivity index (χ1v) is 9.50. The molecule has 3 heteroatoms. The molecule has 1 aromatic heterocycles. The van der Waals surface area contributed by atoms with Crippen LogP contribution in [-0.2, 0) is 4.79 Å². The number of hydrogen-bond donors (Lipinski definition) is 0. The van der Waals surface area contributed by atoms with Crippen LogP contribution < -0.4 is 0 Å². The normalized spacial score (nSPS) is 16.5. The Bertz CT molecular complexity index is 997. The maximum atomic E-state index is 13.1. The number of rotatable bonds is 4. The number of para-hydroxylation sites is 1. The van der Waals surface area contributed by atoms with Crippen LogP contribution in [0.1, 0.15) is 24.3 Å². The molecule has 1 aliphatic rings. The van der Waals surface area contributed by atoms with Gasteiger partial charge in [-0.15, -0.1) is 11.3 Å². The molecule has 0 saturated heterocycles. The van der Waals surface area contributed by atoms with E-state index >= 15 is 0 Å². The van der Waals surface area contributed by atoms with Crippen LogP contribution in [0, 0.1) is 5.41 Å². The number of aliphatic imine (C=N–C) groups is 1. The number of benzene rings is 2. The summed E-state index contributed by atoms with van der Waals surface area (Å²) in [6.07, 6.45) is 0. The van der Waals surface area contributed by atoms with Gasteiger partial charge in [-0.05, 0) is 48.6 Å². The zero-order chi connectivity index (χ0) is 18.1. The second-order valence-electron chi connectivity index (χ2n) is 6.84. The predicted molar refractivity (Wildman–Crippen MR) is 109 cm³/mol. The summed E-state index contributed by atoms with van der Waals surface area (Å²) in [6.45, 7) is 3.99. The molecule has 0 N–H and O–H groups in total. The van der Waals surface area contributed by atoms with Gasteiger partial charge in [0.05, 0.1) is 27.3 Å². The van der Waals surface area contributed by atoms with E-state index in [1.165, 1.54) is 0 Å². The van der Waals surface area contributed by atoms with Gasteiger partial charge in [0.25, 0.3) is 0 Å². The quantitative estimate of drug-likeness (QED) is 0.532. The van der Waals surface area contributed by atoms with E-state index in [2.05, 4.69) is 12.1 Å². The molecule has 4 rings (SSSR count). The van der Waals surface area contributed by atoms with Gasteiger partial charge >= 0.3 is 0 Å². The van der Waals surface area contributed by atoms with Crippen LogP contribution in [0.3, 0.4) is 0 Å². The van der Waals surface area contributed by atoms with Crippen molar-refractivity contribution in [1.29, 1.82) is 0 Å². The Balaban J connectivity index is 1.95. The molecule has 1 heterocycles. The third-order valence-electron chi connectivity index (χ3n) is 4.72. The largest absolute Gasteiger partial charge is 0.293 e. The highest BCUT2D eigenvalue weighted by atomic mass is 32.1. The summed E-state index contributed by atoms with van der Waals surface area (Å²) in [5.74, 6) is 0.152. The minimum absolute atomic E-state index is 0.152. The number of thiophene rings is 1. The van der Waals surface area contributed by atoms with Gasteiger partial charge in [0.15, 0.2) is 5.78 Å². The molecule has 0 bridgehead atoms. The van der Waals surface area contributed by atoms with E-state index < -0.39 is 5.41 Å². The van der Waals surface area contributed by atoms with Gasteiger partial charge in [-0.2, -0.15) is 0 Å². The van der Waals surface area contributed by atoms with Crippen molar-refractivity contribution in [3.05, 3.63) is 94.2 Å². The van der Waals surface area contributed by atoms with Crippen molar-refractivity contribution in [1.82, 2.24) is 0 Å². The van der Waals surface area contributed by atoms with Gasteiger partial charge in [-0.1, -0.05) is 54.6 Å². The van der Waals surface area contributed by atoms with Crippen molar-refractivity contribution < 1.29 is 4.79 Å². The van der Waals surface area contributed by atoms with Crippen molar-refractivity contribution in [3.63, 3.8) is 0 Å². The zero-order valence-corrected chi connectivity index (χ0v) is 15.6. The standard InChI is InChI=1S/C23H19NOS/c1-23(2)20(16-10-5-3-6-11-16)19(22(23)25)21(18-14-9-15-26-18)24-17-12-7-4-8-13-17/h3-15H,1-2H3. The molecule has 2 aromatic carbocycles. The Kier molecular flexibility index (Phi) is 4.17. The number of ketones is 1. The number of allylic oxidation sites excluding steroid dienone is 2. The highest BCUT2D eigenvalue weighted by Gasteiger charge is 2.48. The molecule has 3 aromatic rings. The van der Waals surface area contributed by atoms with Gasteiger partial charge < -0.3 is 0 Å². The topological polar surface area (TPSA) is 29.4 Å². The first-order chi connectivity index (χ1) is 12.6. The van der Waals surface area contributed by atoms with Crippen LogP contribution in [0.15, 0.2) is 88.7 Å². The Hall–Kier alpha value is -2.78. The summed E-state index contributed by atoms with van der Waals surface area (Å²) < 4.78 is 0. The van der Waals surface area contributed by atoms with Gasteiger partial charge in [0, 0.05) is 0 Å². The molecule has 0 unspecified atom stereocenters. The molecular formula is C23H19NOS. The number of nitrogens with zero attached hydrogens (tertiary/aromatic N) is 1. The lowest BCUT2D eigenvalue weighted by molar-refractivity contribution is -0.122. The average Bonchev–Trinajstić information content (AvgIpc) is 3.20. The molecule has 0 spiro atoms. The van der Waals surface area contributed by atoms with Crippen molar-refractivity contribution in [2.45, 2.75) is 13.8 Å². The molecule has 0 amide bonds. The monoisotopic (exact) mass is 357 g/mol. The lowest BCUT2D eigenvalue weighted by Crippen LogP contribution is -2.41. The van der Waals surface area contributed by atoms with E-state index in [4.69, 9.17) is 4.99 Å². The minimum Gasteiger partial charge on any atom is -0.293 e. The molecule has 0 saturated carbocycles. The lowest BCUT2D eigenvalue weighted by Gasteiger charge is -2.39. The van der Waals surface area contributed by atoms with Crippen molar-refractivity contribution >= 4 is 34.1 Å². The zero-order valence-electron chi connectivity index (χ0n) is 14.8. The fourth-order valence-electron chi connectivity index (χ4n) is 3.40. The Morgan fingerprint density at radius 3 is 2.15 bits per heavy atom. The van der Waals surface area contributed by atoms with Gasteiger partial charge in [-0.25, -0.2) is 4.99 Å². The summed E-state index contributed by atoms with van der Waals surface area (Å²) in [7, 11) is 0. The second-order valence-corrected chi connectivity index (χ2v) is 7.79. The molecule has 0 aliphatic heterocycles. The smallest absolute Gasteiger partial charge is 0.175 e. The van der Waals surface area contributed by atoms with E-state index in [9.17, 15) is 4.79 Å².